The lowest BCUT2D eigenvalue weighted by atomic mass is 9.90. The van der Waals surface area contributed by atoms with Gasteiger partial charge in [0.1, 0.15) is 11.3 Å². The molecule has 2 atom stereocenters. The molecule has 2 aliphatic rings. The van der Waals surface area contributed by atoms with Crippen molar-refractivity contribution in [3.63, 3.8) is 0 Å². The van der Waals surface area contributed by atoms with Gasteiger partial charge in [-0.3, -0.25) is 0 Å². The van der Waals surface area contributed by atoms with Crippen LogP contribution in [0.2, 0.25) is 0 Å². The summed E-state index contributed by atoms with van der Waals surface area (Å²) in [4.78, 5) is 38.3. The number of fused-ring (bicyclic) bond motifs is 1. The normalized spacial score (nSPS) is 25.5. The van der Waals surface area contributed by atoms with E-state index in [4.69, 9.17) is 42.1 Å². The lowest BCUT2D eigenvalue weighted by Crippen LogP contribution is -2.57. The number of hydrogen-bond donors (Lipinski definition) is 0. The first-order valence-corrected chi connectivity index (χ1v) is 7.67. The summed E-state index contributed by atoms with van der Waals surface area (Å²) in [6.45, 7) is 1.27. The zero-order valence-corrected chi connectivity index (χ0v) is 15.3. The lowest BCUT2D eigenvalue weighted by molar-refractivity contribution is -0.182. The maximum absolute atomic E-state index is 12.4. The predicted molar refractivity (Wildman–Crippen MR) is 86.1 cm³/mol. The van der Waals surface area contributed by atoms with E-state index in [1.54, 1.807) is 0 Å². The molecule has 0 radical (unpaired) electrons. The summed E-state index contributed by atoms with van der Waals surface area (Å²) in [5.74, 6) is -2.79. The van der Waals surface area contributed by atoms with Crippen molar-refractivity contribution in [2.45, 2.75) is 18.8 Å². The number of hydrogen-bond acceptors (Lipinski definition) is 8. The van der Waals surface area contributed by atoms with Gasteiger partial charge in [0.15, 0.2) is 11.8 Å². The summed E-state index contributed by atoms with van der Waals surface area (Å²) in [7, 11) is 3.34. The quantitative estimate of drug-likeness (QED) is 0.526. The van der Waals surface area contributed by atoms with Gasteiger partial charge >= 0.3 is 17.9 Å². The first-order chi connectivity index (χ1) is 11.7. The van der Waals surface area contributed by atoms with Crippen LogP contribution in [0.1, 0.15) is 6.92 Å². The van der Waals surface area contributed by atoms with Gasteiger partial charge in [0, 0.05) is 6.20 Å². The third-order valence-corrected chi connectivity index (χ3v) is 4.19. The fraction of sp³-hybridized carbons (Fsp3) is 0.400. The SMILES string of the molecule is COC(=O)C1=C(C(=O)OC)C(C)(C(=O)OC)OC2C(Cl)=CC(Cl)=CN12. The van der Waals surface area contributed by atoms with Crippen molar-refractivity contribution in [3.8, 4) is 0 Å². The van der Waals surface area contributed by atoms with Crippen LogP contribution in [0.25, 0.3) is 0 Å². The summed E-state index contributed by atoms with van der Waals surface area (Å²) in [6.07, 6.45) is 1.63. The van der Waals surface area contributed by atoms with Gasteiger partial charge in [-0.25, -0.2) is 14.4 Å². The molecule has 0 fully saturated rings. The van der Waals surface area contributed by atoms with Gasteiger partial charge in [-0.05, 0) is 13.0 Å². The first kappa shape index (κ1) is 19.3. The molecule has 0 aromatic rings. The Morgan fingerprint density at radius 1 is 1.12 bits per heavy atom. The second kappa shape index (κ2) is 7.07. The molecule has 0 bridgehead atoms. The van der Waals surface area contributed by atoms with E-state index in [1.807, 2.05) is 0 Å². The number of rotatable bonds is 3. The van der Waals surface area contributed by atoms with Gasteiger partial charge in [0.2, 0.25) is 0 Å². The molecule has 0 aromatic carbocycles. The zero-order valence-electron chi connectivity index (χ0n) is 13.8. The Kier molecular flexibility index (Phi) is 5.46. The molecule has 8 nitrogen and oxygen atoms in total. The second-order valence-corrected chi connectivity index (χ2v) is 6.03. The Balaban J connectivity index is 2.83. The number of carbonyl (C=O) groups is 3. The van der Waals surface area contributed by atoms with Crippen LogP contribution < -0.4 is 0 Å². The molecule has 2 heterocycles. The monoisotopic (exact) mass is 391 g/mol. The molecule has 0 amide bonds. The molecular weight excluding hydrogens is 377 g/mol. The topological polar surface area (TPSA) is 91.4 Å². The molecule has 0 aliphatic carbocycles. The lowest BCUT2D eigenvalue weighted by Gasteiger charge is -2.44. The van der Waals surface area contributed by atoms with E-state index in [0.717, 1.165) is 21.3 Å². The molecule has 0 spiro atoms. The minimum absolute atomic E-state index is 0.0907. The smallest absolute Gasteiger partial charge is 0.355 e. The van der Waals surface area contributed by atoms with E-state index in [9.17, 15) is 14.4 Å². The van der Waals surface area contributed by atoms with Crippen molar-refractivity contribution in [3.05, 3.63) is 33.6 Å². The molecule has 2 aliphatic heterocycles. The van der Waals surface area contributed by atoms with E-state index in [0.29, 0.717) is 0 Å². The summed E-state index contributed by atoms with van der Waals surface area (Å²) in [5, 5.41) is 0.269. The van der Waals surface area contributed by atoms with Crippen LogP contribution in [0.5, 0.6) is 0 Å². The fourth-order valence-corrected chi connectivity index (χ4v) is 3.09. The van der Waals surface area contributed by atoms with Gasteiger partial charge in [0.25, 0.3) is 0 Å². The number of ether oxygens (including phenoxy) is 4. The van der Waals surface area contributed by atoms with Crippen LogP contribution >= 0.6 is 23.2 Å². The highest BCUT2D eigenvalue weighted by Crippen LogP contribution is 2.42. The zero-order chi connectivity index (χ0) is 18.9. The van der Waals surface area contributed by atoms with Crippen molar-refractivity contribution in [1.29, 1.82) is 0 Å². The highest BCUT2D eigenvalue weighted by molar-refractivity contribution is 6.35. The van der Waals surface area contributed by atoms with E-state index in [2.05, 4.69) is 0 Å². The third-order valence-electron chi connectivity index (χ3n) is 3.69. The van der Waals surface area contributed by atoms with Gasteiger partial charge in [-0.15, -0.1) is 0 Å². The molecule has 136 valence electrons. The Hall–Kier alpha value is -2.03. The number of methoxy groups -OCH3 is 3. The molecule has 0 saturated carbocycles. The summed E-state index contributed by atoms with van der Waals surface area (Å²) in [5.41, 5.74) is -2.64. The van der Waals surface area contributed by atoms with Crippen molar-refractivity contribution in [2.75, 3.05) is 21.3 Å². The molecule has 2 rings (SSSR count). The maximum atomic E-state index is 12.4. The predicted octanol–water partition coefficient (Wildman–Crippen LogP) is 1.39. The van der Waals surface area contributed by atoms with Gasteiger partial charge < -0.3 is 23.8 Å². The number of nitrogens with zero attached hydrogens (tertiary/aromatic N) is 1. The van der Waals surface area contributed by atoms with Crippen LogP contribution in [-0.4, -0.2) is 56.0 Å². The van der Waals surface area contributed by atoms with Crippen molar-refractivity contribution < 1.29 is 33.3 Å². The van der Waals surface area contributed by atoms with Gasteiger partial charge in [-0.1, -0.05) is 23.2 Å². The Morgan fingerprint density at radius 3 is 2.24 bits per heavy atom. The van der Waals surface area contributed by atoms with E-state index < -0.39 is 35.3 Å². The van der Waals surface area contributed by atoms with E-state index in [-0.39, 0.29) is 15.8 Å². The molecule has 0 saturated heterocycles. The van der Waals surface area contributed by atoms with Crippen molar-refractivity contribution in [1.82, 2.24) is 4.90 Å². The number of halogens is 2. The van der Waals surface area contributed by atoms with Crippen molar-refractivity contribution in [2.24, 2.45) is 0 Å². The Labute approximate surface area is 153 Å². The first-order valence-electron chi connectivity index (χ1n) is 6.91. The molecule has 10 heteroatoms. The van der Waals surface area contributed by atoms with E-state index in [1.165, 1.54) is 24.1 Å². The highest BCUT2D eigenvalue weighted by atomic mass is 35.5. The molecule has 0 aromatic heterocycles. The van der Waals surface area contributed by atoms with Crippen LogP contribution in [0.15, 0.2) is 33.6 Å². The average Bonchev–Trinajstić information content (AvgIpc) is 2.59. The van der Waals surface area contributed by atoms with Crippen LogP contribution in [-0.2, 0) is 33.3 Å². The second-order valence-electron chi connectivity index (χ2n) is 5.15. The number of esters is 3. The minimum atomic E-state index is -1.96. The molecule has 0 N–H and O–H groups in total. The summed E-state index contributed by atoms with van der Waals surface area (Å²) < 4.78 is 19.9. The summed E-state index contributed by atoms with van der Waals surface area (Å²) >= 11 is 12.1. The third kappa shape index (κ3) is 3.12. The summed E-state index contributed by atoms with van der Waals surface area (Å²) in [6, 6.07) is 0. The highest BCUT2D eigenvalue weighted by Gasteiger charge is 2.55. The van der Waals surface area contributed by atoms with Crippen LogP contribution in [0.4, 0.5) is 0 Å². The van der Waals surface area contributed by atoms with Crippen LogP contribution in [0, 0.1) is 0 Å². The number of carbonyl (C=O) groups excluding carboxylic acids is 3. The van der Waals surface area contributed by atoms with Crippen LogP contribution in [0.3, 0.4) is 0 Å². The maximum Gasteiger partial charge on any atom is 0.355 e. The van der Waals surface area contributed by atoms with Gasteiger partial charge in [-0.2, -0.15) is 0 Å². The fourth-order valence-electron chi connectivity index (χ4n) is 2.55. The molecular formula is C15H15Cl2NO7. The molecule has 2 unspecified atom stereocenters. The largest absolute Gasteiger partial charge is 0.467 e. The molecule has 25 heavy (non-hydrogen) atoms. The minimum Gasteiger partial charge on any atom is -0.467 e. The van der Waals surface area contributed by atoms with Crippen molar-refractivity contribution >= 4 is 41.1 Å². The Bertz CT molecular complexity index is 727. The number of allylic oxidation sites excluding steroid dienone is 2. The average molecular weight is 392 g/mol. The Morgan fingerprint density at radius 2 is 1.72 bits per heavy atom. The van der Waals surface area contributed by atoms with E-state index >= 15 is 0 Å². The van der Waals surface area contributed by atoms with Gasteiger partial charge in [0.05, 0.1) is 31.4 Å². The standard InChI is InChI=1S/C15H15Cl2NO7/c1-15(14(21)24-4)9(12(19)22-2)10(13(20)23-3)18-6-7(16)5-8(17)11(18)25-15/h5-6,11H,1-4H3.